The predicted octanol–water partition coefficient (Wildman–Crippen LogP) is 4.42. The molecule has 1 fully saturated rings. The van der Waals surface area contributed by atoms with Crippen molar-refractivity contribution in [2.45, 2.75) is 13.3 Å². The Labute approximate surface area is 220 Å². The van der Waals surface area contributed by atoms with E-state index >= 15 is 0 Å². The summed E-state index contributed by atoms with van der Waals surface area (Å²) < 4.78 is 27.6. The fraction of sp³-hybridized carbons (Fsp3) is 0.276. The number of piperazine rings is 1. The van der Waals surface area contributed by atoms with Crippen LogP contribution in [0, 0.1) is 11.6 Å². The molecule has 1 aliphatic heterocycles. The fourth-order valence-electron chi connectivity index (χ4n) is 4.43. The molecule has 0 atom stereocenters. The summed E-state index contributed by atoms with van der Waals surface area (Å²) in [7, 11) is 0. The minimum Gasteiger partial charge on any atom is -0.368 e. The van der Waals surface area contributed by atoms with E-state index in [1.165, 1.54) is 41.3 Å². The molecule has 198 valence electrons. The van der Waals surface area contributed by atoms with Crippen LogP contribution in [0.4, 0.5) is 20.2 Å². The third-order valence-electron chi connectivity index (χ3n) is 6.37. The van der Waals surface area contributed by atoms with E-state index in [1.807, 2.05) is 19.1 Å². The molecule has 0 spiro atoms. The molecule has 0 saturated carbocycles. The minimum atomic E-state index is -0.617. The van der Waals surface area contributed by atoms with Gasteiger partial charge < -0.3 is 20.0 Å². The lowest BCUT2D eigenvalue weighted by atomic mass is 10.1. The van der Waals surface area contributed by atoms with Crippen molar-refractivity contribution >= 4 is 29.1 Å². The second kappa shape index (κ2) is 12.3. The normalized spacial score (nSPS) is 13.2. The largest absolute Gasteiger partial charge is 0.368 e. The molecular formula is C29H30F2N4O3. The smallest absolute Gasteiger partial charge is 0.257 e. The number of nitrogens with one attached hydrogen (secondary N) is 1. The Kier molecular flexibility index (Phi) is 8.68. The van der Waals surface area contributed by atoms with E-state index in [9.17, 15) is 23.2 Å². The highest BCUT2D eigenvalue weighted by atomic mass is 19.1. The Balaban J connectivity index is 1.31. The predicted molar refractivity (Wildman–Crippen MR) is 142 cm³/mol. The Morgan fingerprint density at radius 1 is 0.895 bits per heavy atom. The fourth-order valence-corrected chi connectivity index (χ4v) is 4.43. The molecule has 0 unspecified atom stereocenters. The van der Waals surface area contributed by atoms with Gasteiger partial charge in [0.15, 0.2) is 0 Å². The van der Waals surface area contributed by atoms with Crippen molar-refractivity contribution in [2.24, 2.45) is 0 Å². The van der Waals surface area contributed by atoms with E-state index in [-0.39, 0.29) is 23.9 Å². The first kappa shape index (κ1) is 26.8. The van der Waals surface area contributed by atoms with Crippen LogP contribution in [0.25, 0.3) is 0 Å². The zero-order valence-electron chi connectivity index (χ0n) is 21.2. The first-order valence-corrected chi connectivity index (χ1v) is 12.6. The van der Waals surface area contributed by atoms with Crippen LogP contribution in [0.1, 0.15) is 34.1 Å². The molecule has 3 aromatic rings. The SMILES string of the molecule is CCCN(CC(=O)Nc1ccc(N2CCN(C(=O)c3cccc(F)c3)CC2)cc1)C(=O)c1ccccc1F. The average Bonchev–Trinajstić information content (AvgIpc) is 2.93. The lowest BCUT2D eigenvalue weighted by Crippen LogP contribution is -2.48. The minimum absolute atomic E-state index is 0.0594. The summed E-state index contributed by atoms with van der Waals surface area (Å²) in [6.07, 6.45) is 0.628. The highest BCUT2D eigenvalue weighted by molar-refractivity contribution is 5.99. The van der Waals surface area contributed by atoms with Crippen molar-refractivity contribution in [3.8, 4) is 0 Å². The van der Waals surface area contributed by atoms with Crippen molar-refractivity contribution in [3.63, 3.8) is 0 Å². The Bertz CT molecular complexity index is 1290. The van der Waals surface area contributed by atoms with Gasteiger partial charge in [0.2, 0.25) is 5.91 Å². The Morgan fingerprint density at radius 3 is 2.26 bits per heavy atom. The number of anilines is 2. The van der Waals surface area contributed by atoms with Crippen molar-refractivity contribution in [1.82, 2.24) is 9.80 Å². The van der Waals surface area contributed by atoms with Crippen LogP contribution in [-0.4, -0.2) is 66.8 Å². The maximum absolute atomic E-state index is 14.1. The van der Waals surface area contributed by atoms with Gasteiger partial charge in [-0.1, -0.05) is 25.1 Å². The Morgan fingerprint density at radius 2 is 1.61 bits per heavy atom. The van der Waals surface area contributed by atoms with Gasteiger partial charge in [0.1, 0.15) is 18.2 Å². The zero-order chi connectivity index (χ0) is 27.1. The highest BCUT2D eigenvalue weighted by Crippen LogP contribution is 2.21. The summed E-state index contributed by atoms with van der Waals surface area (Å²) in [6, 6.07) is 18.8. The van der Waals surface area contributed by atoms with Gasteiger partial charge in [-0.15, -0.1) is 0 Å². The van der Waals surface area contributed by atoms with E-state index in [0.717, 1.165) is 5.69 Å². The van der Waals surface area contributed by atoms with Gasteiger partial charge in [0, 0.05) is 49.7 Å². The maximum Gasteiger partial charge on any atom is 0.257 e. The zero-order valence-corrected chi connectivity index (χ0v) is 21.2. The third kappa shape index (κ3) is 6.53. The van der Waals surface area contributed by atoms with Crippen molar-refractivity contribution in [3.05, 3.63) is 95.6 Å². The molecule has 0 aromatic heterocycles. The van der Waals surface area contributed by atoms with Crippen LogP contribution < -0.4 is 10.2 Å². The Hall–Kier alpha value is -4.27. The molecule has 0 aliphatic carbocycles. The molecule has 1 heterocycles. The topological polar surface area (TPSA) is 73.0 Å². The average molecular weight is 521 g/mol. The first-order chi connectivity index (χ1) is 18.4. The number of carbonyl (C=O) groups is 3. The molecule has 4 rings (SSSR count). The molecule has 1 N–H and O–H groups in total. The summed E-state index contributed by atoms with van der Waals surface area (Å²) in [4.78, 5) is 43.3. The molecule has 1 aliphatic rings. The second-order valence-electron chi connectivity index (χ2n) is 9.09. The molecule has 0 radical (unpaired) electrons. The molecule has 3 aromatic carbocycles. The number of benzene rings is 3. The quantitative estimate of drug-likeness (QED) is 0.478. The van der Waals surface area contributed by atoms with Gasteiger partial charge in [-0.3, -0.25) is 14.4 Å². The summed E-state index contributed by atoms with van der Waals surface area (Å²) in [5.41, 5.74) is 1.80. The van der Waals surface area contributed by atoms with Crippen LogP contribution in [0.15, 0.2) is 72.8 Å². The summed E-state index contributed by atoms with van der Waals surface area (Å²) in [5.74, 6) is -2.14. The van der Waals surface area contributed by atoms with Gasteiger partial charge in [-0.2, -0.15) is 0 Å². The molecule has 38 heavy (non-hydrogen) atoms. The van der Waals surface area contributed by atoms with E-state index in [2.05, 4.69) is 10.2 Å². The van der Waals surface area contributed by atoms with Crippen LogP contribution in [0.5, 0.6) is 0 Å². The number of carbonyl (C=O) groups excluding carboxylic acids is 3. The van der Waals surface area contributed by atoms with Gasteiger partial charge >= 0.3 is 0 Å². The summed E-state index contributed by atoms with van der Waals surface area (Å²) >= 11 is 0. The van der Waals surface area contributed by atoms with E-state index in [0.29, 0.717) is 50.4 Å². The van der Waals surface area contributed by atoms with Gasteiger partial charge in [-0.05, 0) is 61.0 Å². The van der Waals surface area contributed by atoms with E-state index in [4.69, 9.17) is 0 Å². The number of hydrogen-bond donors (Lipinski definition) is 1. The number of rotatable bonds is 8. The lowest BCUT2D eigenvalue weighted by Gasteiger charge is -2.36. The number of halogens is 2. The molecule has 1 saturated heterocycles. The van der Waals surface area contributed by atoms with Gasteiger partial charge in [-0.25, -0.2) is 8.78 Å². The van der Waals surface area contributed by atoms with Crippen molar-refractivity contribution < 1.29 is 23.2 Å². The molecule has 9 heteroatoms. The molecular weight excluding hydrogens is 490 g/mol. The van der Waals surface area contributed by atoms with Crippen molar-refractivity contribution in [2.75, 3.05) is 49.5 Å². The van der Waals surface area contributed by atoms with E-state index in [1.54, 1.807) is 29.2 Å². The van der Waals surface area contributed by atoms with Crippen LogP contribution >= 0.6 is 0 Å². The highest BCUT2D eigenvalue weighted by Gasteiger charge is 2.23. The maximum atomic E-state index is 14.1. The summed E-state index contributed by atoms with van der Waals surface area (Å²) in [6.45, 7) is 4.29. The summed E-state index contributed by atoms with van der Waals surface area (Å²) in [5, 5.41) is 2.80. The molecule has 3 amide bonds. The second-order valence-corrected chi connectivity index (χ2v) is 9.09. The standard InChI is InChI=1S/C29H30F2N4O3/c1-2-14-35(29(38)25-8-3-4-9-26(25)31)20-27(36)32-23-10-12-24(13-11-23)33-15-17-34(18-16-33)28(37)21-6-5-7-22(30)19-21/h3-13,19H,2,14-18,20H2,1H3,(H,32,36). The van der Waals surface area contributed by atoms with Crippen molar-refractivity contribution in [1.29, 1.82) is 0 Å². The van der Waals surface area contributed by atoms with Crippen LogP contribution in [0.3, 0.4) is 0 Å². The van der Waals surface area contributed by atoms with Crippen LogP contribution in [-0.2, 0) is 4.79 Å². The van der Waals surface area contributed by atoms with Gasteiger partial charge in [0.05, 0.1) is 5.56 Å². The monoisotopic (exact) mass is 520 g/mol. The first-order valence-electron chi connectivity index (χ1n) is 12.6. The lowest BCUT2D eigenvalue weighted by molar-refractivity contribution is -0.116. The molecule has 7 nitrogen and oxygen atoms in total. The number of amides is 3. The number of hydrogen-bond acceptors (Lipinski definition) is 4. The molecule has 0 bridgehead atoms. The van der Waals surface area contributed by atoms with Crippen LogP contribution in [0.2, 0.25) is 0 Å². The number of nitrogens with zero attached hydrogens (tertiary/aromatic N) is 3. The third-order valence-corrected chi connectivity index (χ3v) is 6.37. The van der Waals surface area contributed by atoms with E-state index < -0.39 is 17.5 Å². The van der Waals surface area contributed by atoms with Gasteiger partial charge in [0.25, 0.3) is 11.8 Å².